The average molecular weight is 586 g/mol. The van der Waals surface area contributed by atoms with Crippen molar-refractivity contribution in [3.63, 3.8) is 0 Å². The van der Waals surface area contributed by atoms with Crippen LogP contribution in [0.2, 0.25) is 5.02 Å². The maximum absolute atomic E-state index is 12.9. The molecule has 0 unspecified atom stereocenters. The lowest BCUT2D eigenvalue weighted by Crippen LogP contribution is -2.24. The van der Waals surface area contributed by atoms with E-state index in [1.165, 1.54) is 0 Å². The zero-order valence-corrected chi connectivity index (χ0v) is 21.0. The summed E-state index contributed by atoms with van der Waals surface area (Å²) >= 11 is 12.9. The van der Waals surface area contributed by atoms with E-state index in [0.29, 0.717) is 35.1 Å². The Labute approximate surface area is 214 Å². The minimum Gasteiger partial charge on any atom is -0.453 e. The van der Waals surface area contributed by atoms with Gasteiger partial charge < -0.3 is 14.6 Å². The smallest absolute Gasteiger partial charge is 0.227 e. The van der Waals surface area contributed by atoms with Crippen LogP contribution in [-0.2, 0) is 4.79 Å². The lowest BCUT2D eigenvalue weighted by molar-refractivity contribution is -0.117. The van der Waals surface area contributed by atoms with Crippen LogP contribution in [0.5, 0.6) is 11.5 Å². The fraction of sp³-hybridized carbons (Fsp3) is 0.120. The van der Waals surface area contributed by atoms with E-state index in [0.717, 1.165) is 30.6 Å². The van der Waals surface area contributed by atoms with Crippen LogP contribution in [0.4, 0.5) is 5.69 Å². The summed E-state index contributed by atoms with van der Waals surface area (Å²) in [5, 5.41) is 10.8. The van der Waals surface area contributed by atoms with Crippen LogP contribution >= 0.6 is 46.8 Å². The normalized spacial score (nSPS) is 15.8. The summed E-state index contributed by atoms with van der Waals surface area (Å²) in [4.78, 5) is 18.8. The number of fused-ring (bicyclic) bond motifs is 1. The Morgan fingerprint density at radius 1 is 1.21 bits per heavy atom. The molecule has 1 saturated heterocycles. The monoisotopic (exact) mass is 585 g/mol. The predicted molar refractivity (Wildman–Crippen MR) is 141 cm³/mol. The zero-order valence-electron chi connectivity index (χ0n) is 17.2. The number of para-hydroxylation sites is 1. The zero-order chi connectivity index (χ0) is 23.1. The highest BCUT2D eigenvalue weighted by atomic mass is 127. The molecule has 5 nitrogen and oxygen atoms in total. The molecule has 1 aliphatic rings. The second kappa shape index (κ2) is 8.93. The first-order valence-electron chi connectivity index (χ1n) is 10.2. The third-order valence-corrected chi connectivity index (χ3v) is 7.37. The first kappa shape index (κ1) is 22.1. The number of halogens is 2. The summed E-state index contributed by atoms with van der Waals surface area (Å²) in [6, 6.07) is 19.0. The lowest BCUT2D eigenvalue weighted by atomic mass is 9.98. The van der Waals surface area contributed by atoms with Crippen LogP contribution in [-0.4, -0.2) is 17.4 Å². The van der Waals surface area contributed by atoms with Gasteiger partial charge in [0.05, 0.1) is 14.2 Å². The van der Waals surface area contributed by atoms with Gasteiger partial charge in [-0.1, -0.05) is 23.7 Å². The fourth-order valence-corrected chi connectivity index (χ4v) is 5.03. The fourth-order valence-electron chi connectivity index (χ4n) is 4.11. The Kier molecular flexibility index (Phi) is 5.99. The SMILES string of the molecule is N#Cc1cccc(Cl)c1Oc1cc([C@H]2CC(=O)N(c3ccc4c(S)c[nH]c4c3)C2)ccc1I. The van der Waals surface area contributed by atoms with E-state index in [2.05, 4.69) is 46.3 Å². The largest absolute Gasteiger partial charge is 0.453 e. The van der Waals surface area contributed by atoms with E-state index in [-0.39, 0.29) is 11.8 Å². The quantitative estimate of drug-likeness (QED) is 0.202. The third kappa shape index (κ3) is 4.19. The molecule has 0 radical (unpaired) electrons. The molecular weight excluding hydrogens is 569 g/mol. The first-order valence-corrected chi connectivity index (χ1v) is 12.1. The molecule has 1 N–H and O–H groups in total. The summed E-state index contributed by atoms with van der Waals surface area (Å²) in [7, 11) is 0. The van der Waals surface area contributed by atoms with E-state index in [1.54, 1.807) is 18.2 Å². The molecule has 0 aliphatic carbocycles. The van der Waals surface area contributed by atoms with Crippen molar-refractivity contribution in [1.29, 1.82) is 5.26 Å². The highest BCUT2D eigenvalue weighted by Gasteiger charge is 2.32. The summed E-state index contributed by atoms with van der Waals surface area (Å²) in [5.41, 5.74) is 3.19. The Hall–Kier alpha value is -2.67. The van der Waals surface area contributed by atoms with Gasteiger partial charge in [-0.2, -0.15) is 5.26 Å². The van der Waals surface area contributed by atoms with E-state index >= 15 is 0 Å². The second-order valence-corrected chi connectivity index (χ2v) is 9.88. The van der Waals surface area contributed by atoms with Crippen LogP contribution in [0.25, 0.3) is 10.9 Å². The number of carbonyl (C=O) groups excluding carboxylic acids is 1. The van der Waals surface area contributed by atoms with Gasteiger partial charge in [-0.3, -0.25) is 4.79 Å². The number of ether oxygens (including phenoxy) is 1. The molecule has 1 aromatic heterocycles. The molecule has 1 atom stereocenters. The van der Waals surface area contributed by atoms with Crippen molar-refractivity contribution in [3.8, 4) is 17.6 Å². The molecule has 1 fully saturated rings. The minimum atomic E-state index is 0.0262. The topological polar surface area (TPSA) is 69.1 Å². The molecule has 1 aliphatic heterocycles. The van der Waals surface area contributed by atoms with Gasteiger partial charge in [0.1, 0.15) is 11.8 Å². The predicted octanol–water partition coefficient (Wildman–Crippen LogP) is 6.90. The number of hydrogen-bond donors (Lipinski definition) is 2. The Balaban J connectivity index is 1.42. The van der Waals surface area contributed by atoms with Crippen LogP contribution in [0.1, 0.15) is 23.5 Å². The molecule has 1 amide bonds. The van der Waals surface area contributed by atoms with Crippen LogP contribution in [0.15, 0.2) is 65.7 Å². The number of nitriles is 1. The van der Waals surface area contributed by atoms with Crippen molar-refractivity contribution < 1.29 is 9.53 Å². The third-order valence-electron chi connectivity index (χ3n) is 5.81. The number of nitrogens with zero attached hydrogens (tertiary/aromatic N) is 2. The highest BCUT2D eigenvalue weighted by molar-refractivity contribution is 14.1. The van der Waals surface area contributed by atoms with Gasteiger partial charge in [-0.15, -0.1) is 12.6 Å². The number of carbonyl (C=O) groups is 1. The van der Waals surface area contributed by atoms with Crippen LogP contribution < -0.4 is 9.64 Å². The molecule has 0 bridgehead atoms. The van der Waals surface area contributed by atoms with Crippen LogP contribution in [0.3, 0.4) is 0 Å². The van der Waals surface area contributed by atoms with E-state index in [9.17, 15) is 10.1 Å². The van der Waals surface area contributed by atoms with Crippen molar-refractivity contribution >= 4 is 69.3 Å². The summed E-state index contributed by atoms with van der Waals surface area (Å²) in [5.74, 6) is 1.05. The second-order valence-electron chi connectivity index (χ2n) is 7.83. The number of thiol groups is 1. The van der Waals surface area contributed by atoms with Gasteiger partial charge in [0.2, 0.25) is 5.91 Å². The number of nitrogens with one attached hydrogen (secondary N) is 1. The molecule has 0 spiro atoms. The molecule has 3 aromatic carbocycles. The van der Waals surface area contributed by atoms with Crippen molar-refractivity contribution in [3.05, 3.63) is 80.5 Å². The number of anilines is 1. The Morgan fingerprint density at radius 3 is 2.88 bits per heavy atom. The number of hydrogen-bond acceptors (Lipinski definition) is 4. The average Bonchev–Trinajstić information content (AvgIpc) is 3.38. The maximum atomic E-state index is 12.9. The van der Waals surface area contributed by atoms with Gasteiger partial charge >= 0.3 is 0 Å². The Morgan fingerprint density at radius 2 is 2.06 bits per heavy atom. The summed E-state index contributed by atoms with van der Waals surface area (Å²) in [6.45, 7) is 0.578. The summed E-state index contributed by atoms with van der Waals surface area (Å²) in [6.07, 6.45) is 2.26. The van der Waals surface area contributed by atoms with Gasteiger partial charge in [0, 0.05) is 46.6 Å². The molecule has 0 saturated carbocycles. The number of aromatic amines is 1. The number of amides is 1. The molecular formula is C25H17ClIN3O2S. The van der Waals surface area contributed by atoms with Crippen molar-refractivity contribution in [2.75, 3.05) is 11.4 Å². The molecule has 33 heavy (non-hydrogen) atoms. The van der Waals surface area contributed by atoms with E-state index < -0.39 is 0 Å². The molecule has 2 heterocycles. The highest BCUT2D eigenvalue weighted by Crippen LogP contribution is 2.39. The molecule has 5 rings (SSSR count). The first-order chi connectivity index (χ1) is 15.9. The summed E-state index contributed by atoms with van der Waals surface area (Å²) < 4.78 is 6.97. The van der Waals surface area contributed by atoms with Gasteiger partial charge in [0.15, 0.2) is 5.75 Å². The Bertz CT molecular complexity index is 1450. The molecule has 164 valence electrons. The van der Waals surface area contributed by atoms with Crippen molar-refractivity contribution in [2.24, 2.45) is 0 Å². The number of H-pyrrole nitrogens is 1. The number of benzene rings is 3. The van der Waals surface area contributed by atoms with Crippen molar-refractivity contribution in [1.82, 2.24) is 4.98 Å². The van der Waals surface area contributed by atoms with Crippen molar-refractivity contribution in [2.45, 2.75) is 17.2 Å². The molecule has 4 aromatic rings. The standard InChI is InChI=1S/C25H17ClIN3O2S/c26-19-3-1-2-15(11-28)25(19)32-22-8-14(4-7-20(22)27)16-9-24(31)30(13-16)17-5-6-18-21(10-17)29-12-23(18)33/h1-8,10,12,16,29,33H,9,13H2/t16-/m0/s1. The van der Waals surface area contributed by atoms with Gasteiger partial charge in [0.25, 0.3) is 0 Å². The van der Waals surface area contributed by atoms with E-state index in [4.69, 9.17) is 16.3 Å². The minimum absolute atomic E-state index is 0.0262. The maximum Gasteiger partial charge on any atom is 0.227 e. The number of aromatic nitrogens is 1. The van der Waals surface area contributed by atoms with Gasteiger partial charge in [-0.05, 0) is 70.6 Å². The number of rotatable bonds is 4. The van der Waals surface area contributed by atoms with Crippen LogP contribution in [0, 0.1) is 14.9 Å². The van der Waals surface area contributed by atoms with E-state index in [1.807, 2.05) is 47.5 Å². The van der Waals surface area contributed by atoms with Gasteiger partial charge in [-0.25, -0.2) is 0 Å². The lowest BCUT2D eigenvalue weighted by Gasteiger charge is -2.18. The molecule has 8 heteroatoms.